The Morgan fingerprint density at radius 3 is 2.80 bits per heavy atom. The lowest BCUT2D eigenvalue weighted by atomic mass is 10.2. The zero-order chi connectivity index (χ0) is 14.9. The summed E-state index contributed by atoms with van der Waals surface area (Å²) in [7, 11) is 1.69. The first kappa shape index (κ1) is 14.1. The fraction of sp³-hybridized carbons (Fsp3) is 0.417. The molecule has 2 aromatic heterocycles. The lowest BCUT2D eigenvalue weighted by Gasteiger charge is -2.24. The Bertz CT molecular complexity index is 655. The van der Waals surface area contributed by atoms with Crippen molar-refractivity contribution in [2.24, 2.45) is 0 Å². The maximum absolute atomic E-state index is 12.7. The van der Waals surface area contributed by atoms with Crippen LogP contribution >= 0.6 is 0 Å². The van der Waals surface area contributed by atoms with Crippen LogP contribution in [0.3, 0.4) is 0 Å². The van der Waals surface area contributed by atoms with Crippen LogP contribution < -0.4 is 4.90 Å². The number of rotatable bonds is 3. The van der Waals surface area contributed by atoms with Gasteiger partial charge in [0, 0.05) is 31.5 Å². The van der Waals surface area contributed by atoms with Crippen molar-refractivity contribution in [3.63, 3.8) is 0 Å². The zero-order valence-electron chi connectivity index (χ0n) is 10.9. The molecule has 0 aliphatic heterocycles. The number of alkyl halides is 3. The summed E-state index contributed by atoms with van der Waals surface area (Å²) < 4.78 is 39.2. The number of anilines is 1. The fourth-order valence-corrected chi connectivity index (χ4v) is 1.80. The van der Waals surface area contributed by atoms with Crippen molar-refractivity contribution in [2.45, 2.75) is 25.6 Å². The number of fused-ring (bicyclic) bond motifs is 1. The van der Waals surface area contributed by atoms with Gasteiger partial charge in [-0.3, -0.25) is 0 Å². The largest absolute Gasteiger partial charge is 0.435 e. The van der Waals surface area contributed by atoms with Crippen LogP contribution in [0.2, 0.25) is 0 Å². The van der Waals surface area contributed by atoms with Gasteiger partial charge in [-0.2, -0.15) is 23.5 Å². The molecule has 106 valence electrons. The summed E-state index contributed by atoms with van der Waals surface area (Å²) in [4.78, 5) is 5.76. The van der Waals surface area contributed by atoms with E-state index in [0.717, 1.165) is 10.6 Å². The second-order valence-corrected chi connectivity index (χ2v) is 4.43. The van der Waals surface area contributed by atoms with E-state index in [-0.39, 0.29) is 18.0 Å². The second-order valence-electron chi connectivity index (χ2n) is 4.43. The van der Waals surface area contributed by atoms with Gasteiger partial charge >= 0.3 is 6.18 Å². The summed E-state index contributed by atoms with van der Waals surface area (Å²) in [6.07, 6.45) is -1.51. The monoisotopic (exact) mass is 283 g/mol. The maximum Gasteiger partial charge on any atom is 0.435 e. The molecule has 0 amide bonds. The first-order chi connectivity index (χ1) is 9.34. The molecule has 0 radical (unpaired) electrons. The topological polar surface area (TPSA) is 57.2 Å². The van der Waals surface area contributed by atoms with Crippen molar-refractivity contribution in [3.05, 3.63) is 24.2 Å². The maximum atomic E-state index is 12.7. The van der Waals surface area contributed by atoms with E-state index in [1.165, 1.54) is 12.4 Å². The molecule has 0 spiro atoms. The Morgan fingerprint density at radius 1 is 1.50 bits per heavy atom. The quantitative estimate of drug-likeness (QED) is 0.868. The van der Waals surface area contributed by atoms with E-state index in [4.69, 9.17) is 5.26 Å². The molecule has 2 aromatic rings. The number of hydrogen-bond acceptors (Lipinski definition) is 4. The van der Waals surface area contributed by atoms with Crippen LogP contribution in [-0.4, -0.2) is 27.7 Å². The van der Waals surface area contributed by atoms with Crippen LogP contribution in [0.4, 0.5) is 19.0 Å². The van der Waals surface area contributed by atoms with Crippen LogP contribution in [-0.2, 0) is 6.18 Å². The molecule has 5 nitrogen and oxygen atoms in total. The van der Waals surface area contributed by atoms with Gasteiger partial charge in [0.25, 0.3) is 0 Å². The zero-order valence-corrected chi connectivity index (χ0v) is 10.9. The van der Waals surface area contributed by atoms with Gasteiger partial charge in [0.2, 0.25) is 0 Å². The van der Waals surface area contributed by atoms with E-state index in [2.05, 4.69) is 10.1 Å². The number of hydrogen-bond donors (Lipinski definition) is 0. The summed E-state index contributed by atoms with van der Waals surface area (Å²) in [6.45, 7) is 1.80. The Kier molecular flexibility index (Phi) is 3.53. The first-order valence-electron chi connectivity index (χ1n) is 5.86. The predicted molar refractivity (Wildman–Crippen MR) is 66.1 cm³/mol. The van der Waals surface area contributed by atoms with Gasteiger partial charge in [0.05, 0.1) is 12.5 Å². The predicted octanol–water partition coefficient (Wildman–Crippen LogP) is 2.49. The minimum Gasteiger partial charge on any atom is -0.354 e. The van der Waals surface area contributed by atoms with E-state index >= 15 is 0 Å². The van der Waals surface area contributed by atoms with Crippen molar-refractivity contribution in [1.82, 2.24) is 14.6 Å². The third kappa shape index (κ3) is 2.52. The van der Waals surface area contributed by atoms with E-state index in [1.54, 1.807) is 18.9 Å². The normalized spacial score (nSPS) is 13.2. The lowest BCUT2D eigenvalue weighted by Crippen LogP contribution is -2.29. The molecule has 0 N–H and O–H groups in total. The molecule has 0 saturated carbocycles. The van der Waals surface area contributed by atoms with E-state index < -0.39 is 11.9 Å². The molecule has 20 heavy (non-hydrogen) atoms. The molecule has 0 fully saturated rings. The van der Waals surface area contributed by atoms with Gasteiger partial charge in [-0.25, -0.2) is 9.50 Å². The summed E-state index contributed by atoms with van der Waals surface area (Å²) in [5, 5.41) is 12.2. The number of nitriles is 1. The molecule has 0 aliphatic carbocycles. The van der Waals surface area contributed by atoms with E-state index in [0.29, 0.717) is 5.82 Å². The highest BCUT2D eigenvalue weighted by Gasteiger charge is 2.34. The second kappa shape index (κ2) is 5.00. The smallest absolute Gasteiger partial charge is 0.354 e. The average molecular weight is 283 g/mol. The number of nitrogens with zero attached hydrogens (tertiary/aromatic N) is 5. The Balaban J connectivity index is 2.50. The van der Waals surface area contributed by atoms with Crippen molar-refractivity contribution < 1.29 is 13.2 Å². The standard InChI is InChI=1S/C12H12F3N5/c1-8(3-4-16)19(2)11-9-7-10(12(13,14)15)18-20(9)6-5-17-11/h5-8H,3H2,1-2H3. The molecule has 2 rings (SSSR count). The Morgan fingerprint density at radius 2 is 2.20 bits per heavy atom. The summed E-state index contributed by atoms with van der Waals surface area (Å²) in [5.74, 6) is 0.359. The molecule has 8 heteroatoms. The van der Waals surface area contributed by atoms with E-state index in [1.807, 2.05) is 6.07 Å². The van der Waals surface area contributed by atoms with Gasteiger partial charge in [-0.05, 0) is 6.92 Å². The molecule has 0 aromatic carbocycles. The SMILES string of the molecule is CC(CC#N)N(C)c1nccn2nc(C(F)(F)F)cc12. The van der Waals surface area contributed by atoms with Crippen LogP contribution in [0.15, 0.2) is 18.5 Å². The van der Waals surface area contributed by atoms with Crippen molar-refractivity contribution in [2.75, 3.05) is 11.9 Å². The van der Waals surface area contributed by atoms with Gasteiger partial charge in [0.1, 0.15) is 5.52 Å². The number of halogens is 3. The Hall–Kier alpha value is -2.30. The minimum absolute atomic E-state index is 0.164. The summed E-state index contributed by atoms with van der Waals surface area (Å²) in [6, 6.07) is 2.82. The third-order valence-electron chi connectivity index (χ3n) is 3.04. The van der Waals surface area contributed by atoms with Crippen molar-refractivity contribution >= 4 is 11.3 Å². The van der Waals surface area contributed by atoms with Crippen molar-refractivity contribution in [1.29, 1.82) is 5.26 Å². The molecule has 0 aliphatic rings. The van der Waals surface area contributed by atoms with Crippen LogP contribution in [0.25, 0.3) is 5.52 Å². The van der Waals surface area contributed by atoms with Crippen molar-refractivity contribution in [3.8, 4) is 6.07 Å². The first-order valence-corrected chi connectivity index (χ1v) is 5.86. The summed E-state index contributed by atoms with van der Waals surface area (Å²) in [5.41, 5.74) is -0.708. The molecular weight excluding hydrogens is 271 g/mol. The highest BCUT2D eigenvalue weighted by atomic mass is 19.4. The van der Waals surface area contributed by atoms with Gasteiger partial charge < -0.3 is 4.90 Å². The fourth-order valence-electron chi connectivity index (χ4n) is 1.80. The van der Waals surface area contributed by atoms with Gasteiger partial charge in [-0.15, -0.1) is 0 Å². The third-order valence-corrected chi connectivity index (χ3v) is 3.04. The van der Waals surface area contributed by atoms with Crippen LogP contribution in [0.5, 0.6) is 0 Å². The number of aromatic nitrogens is 3. The van der Waals surface area contributed by atoms with Gasteiger partial charge in [0.15, 0.2) is 11.5 Å². The Labute approximate surface area is 113 Å². The summed E-state index contributed by atoms with van der Waals surface area (Å²) >= 11 is 0. The highest BCUT2D eigenvalue weighted by Crippen LogP contribution is 2.31. The molecule has 0 saturated heterocycles. The molecule has 0 bridgehead atoms. The van der Waals surface area contributed by atoms with Gasteiger partial charge in [-0.1, -0.05) is 0 Å². The molecule has 1 unspecified atom stereocenters. The highest BCUT2D eigenvalue weighted by molar-refractivity contribution is 5.69. The van der Waals surface area contributed by atoms with Crippen LogP contribution in [0, 0.1) is 11.3 Å². The molecule has 1 atom stereocenters. The average Bonchev–Trinajstić information content (AvgIpc) is 2.81. The lowest BCUT2D eigenvalue weighted by molar-refractivity contribution is -0.141. The van der Waals surface area contributed by atoms with E-state index in [9.17, 15) is 13.2 Å². The minimum atomic E-state index is -4.50. The van der Waals surface area contributed by atoms with Crippen LogP contribution in [0.1, 0.15) is 19.0 Å². The molecule has 2 heterocycles. The molecular formula is C12H12F3N5.